The zero-order valence-corrected chi connectivity index (χ0v) is 12.8. The van der Waals surface area contributed by atoms with E-state index < -0.39 is 5.97 Å². The zero-order chi connectivity index (χ0) is 14.4. The molecule has 0 heterocycles. The molecule has 0 bridgehead atoms. The molecule has 0 radical (unpaired) electrons. The summed E-state index contributed by atoms with van der Waals surface area (Å²) >= 11 is 0. The number of rotatable bonds is 4. The van der Waals surface area contributed by atoms with Gasteiger partial charge in [-0.05, 0) is 34.0 Å². The van der Waals surface area contributed by atoms with Crippen LogP contribution in [0.5, 0.6) is 0 Å². The van der Waals surface area contributed by atoms with Crippen molar-refractivity contribution in [1.82, 2.24) is 10.2 Å². The third-order valence-electron chi connectivity index (χ3n) is 2.79. The lowest BCUT2D eigenvalue weighted by Gasteiger charge is -2.20. The van der Waals surface area contributed by atoms with Crippen LogP contribution in [0, 0.1) is 0 Å². The number of carbonyl (C=O) groups is 1. The largest absolute Gasteiger partial charge is 0.481 e. The first-order chi connectivity index (χ1) is 8.56. The summed E-state index contributed by atoms with van der Waals surface area (Å²) < 4.78 is 0. The van der Waals surface area contributed by atoms with E-state index in [1.54, 1.807) is 0 Å². The van der Waals surface area contributed by atoms with Gasteiger partial charge in [-0.15, -0.1) is 0 Å². The third-order valence-corrected chi connectivity index (χ3v) is 2.79. The molecule has 0 aromatic carbocycles. The molecule has 0 aromatic heterocycles. The summed E-state index contributed by atoms with van der Waals surface area (Å²) in [7, 11) is 5.77. The van der Waals surface area contributed by atoms with Gasteiger partial charge in [0.25, 0.3) is 0 Å². The summed E-state index contributed by atoms with van der Waals surface area (Å²) in [5.41, 5.74) is 0. The first-order valence-electron chi connectivity index (χ1n) is 7.10. The molecule has 1 aliphatic rings. The normalized spacial score (nSPS) is 15.2. The van der Waals surface area contributed by atoms with Gasteiger partial charge in [0.15, 0.2) is 0 Å². The van der Waals surface area contributed by atoms with Crippen molar-refractivity contribution >= 4 is 5.97 Å². The summed E-state index contributed by atoms with van der Waals surface area (Å²) in [6, 6.07) is 0.837. The first kappa shape index (κ1) is 19.7. The minimum atomic E-state index is -0.737. The monoisotopic (exact) mass is 260 g/mol. The Hall–Kier alpha value is -0.610. The second-order valence-electron chi connectivity index (χ2n) is 4.57. The lowest BCUT2D eigenvalue weighted by Crippen LogP contribution is -2.26. The lowest BCUT2D eigenvalue weighted by molar-refractivity contribution is -0.137. The van der Waals surface area contributed by atoms with Gasteiger partial charge in [-0.3, -0.25) is 4.79 Å². The van der Waals surface area contributed by atoms with E-state index in [4.69, 9.17) is 5.11 Å². The SMILES string of the molecule is CC.CN(C)CCC(=O)O.CNC1CCCCC1. The van der Waals surface area contributed by atoms with Gasteiger partial charge in [0, 0.05) is 12.6 Å². The fraction of sp³-hybridized carbons (Fsp3) is 0.929. The van der Waals surface area contributed by atoms with E-state index in [1.807, 2.05) is 32.8 Å². The van der Waals surface area contributed by atoms with Crippen molar-refractivity contribution < 1.29 is 9.90 Å². The highest BCUT2D eigenvalue weighted by molar-refractivity contribution is 5.66. The molecule has 0 aliphatic heterocycles. The van der Waals surface area contributed by atoms with Crippen LogP contribution in [0.15, 0.2) is 0 Å². The molecule has 0 aromatic rings. The fourth-order valence-corrected chi connectivity index (χ4v) is 1.71. The molecule has 1 rings (SSSR count). The minimum absolute atomic E-state index is 0.229. The van der Waals surface area contributed by atoms with Gasteiger partial charge in [-0.1, -0.05) is 33.1 Å². The smallest absolute Gasteiger partial charge is 0.304 e. The molecule has 0 atom stereocenters. The number of nitrogens with zero attached hydrogens (tertiary/aromatic N) is 1. The van der Waals surface area contributed by atoms with Gasteiger partial charge in [0.1, 0.15) is 0 Å². The summed E-state index contributed by atoms with van der Waals surface area (Å²) in [4.78, 5) is 11.7. The Kier molecular flexibility index (Phi) is 15.8. The van der Waals surface area contributed by atoms with Crippen molar-refractivity contribution in [2.75, 3.05) is 27.7 Å². The van der Waals surface area contributed by atoms with E-state index in [1.165, 1.54) is 32.1 Å². The van der Waals surface area contributed by atoms with Crippen LogP contribution in [-0.4, -0.2) is 49.7 Å². The fourth-order valence-electron chi connectivity index (χ4n) is 1.71. The van der Waals surface area contributed by atoms with E-state index in [9.17, 15) is 4.79 Å². The number of carboxylic acid groups (broad SMARTS) is 1. The van der Waals surface area contributed by atoms with E-state index in [2.05, 4.69) is 12.4 Å². The van der Waals surface area contributed by atoms with Crippen LogP contribution in [0.1, 0.15) is 52.4 Å². The minimum Gasteiger partial charge on any atom is -0.481 e. The number of nitrogens with one attached hydrogen (secondary N) is 1. The van der Waals surface area contributed by atoms with Crippen molar-refractivity contribution in [2.45, 2.75) is 58.4 Å². The van der Waals surface area contributed by atoms with Crippen LogP contribution in [0.4, 0.5) is 0 Å². The Bertz CT molecular complexity index is 179. The van der Waals surface area contributed by atoms with Gasteiger partial charge < -0.3 is 15.3 Å². The van der Waals surface area contributed by atoms with Crippen LogP contribution in [0.25, 0.3) is 0 Å². The van der Waals surface area contributed by atoms with Gasteiger partial charge in [0.2, 0.25) is 0 Å². The van der Waals surface area contributed by atoms with Gasteiger partial charge in [-0.2, -0.15) is 0 Å². The predicted octanol–water partition coefficient (Wildman–Crippen LogP) is 2.59. The second kappa shape index (κ2) is 14.5. The predicted molar refractivity (Wildman–Crippen MR) is 78.1 cm³/mol. The van der Waals surface area contributed by atoms with Crippen molar-refractivity contribution in [3.8, 4) is 0 Å². The molecule has 0 spiro atoms. The van der Waals surface area contributed by atoms with E-state index in [0.717, 1.165) is 6.04 Å². The number of hydrogen-bond donors (Lipinski definition) is 2. The van der Waals surface area contributed by atoms with Crippen LogP contribution >= 0.6 is 0 Å². The Balaban J connectivity index is 0. The number of aliphatic carboxylic acids is 1. The van der Waals surface area contributed by atoms with Crippen LogP contribution in [-0.2, 0) is 4.79 Å². The van der Waals surface area contributed by atoms with E-state index in [-0.39, 0.29) is 6.42 Å². The van der Waals surface area contributed by atoms with Crippen LogP contribution in [0.2, 0.25) is 0 Å². The molecule has 2 N–H and O–H groups in total. The molecule has 18 heavy (non-hydrogen) atoms. The van der Waals surface area contributed by atoms with Crippen molar-refractivity contribution in [3.05, 3.63) is 0 Å². The summed E-state index contributed by atoms with van der Waals surface area (Å²) in [5, 5.41) is 11.4. The average molecular weight is 260 g/mol. The van der Waals surface area contributed by atoms with Crippen LogP contribution in [0.3, 0.4) is 0 Å². The maximum absolute atomic E-state index is 9.88. The molecule has 4 heteroatoms. The van der Waals surface area contributed by atoms with Crippen molar-refractivity contribution in [3.63, 3.8) is 0 Å². The Labute approximate surface area is 113 Å². The number of hydrogen-bond acceptors (Lipinski definition) is 3. The van der Waals surface area contributed by atoms with Gasteiger partial charge in [-0.25, -0.2) is 0 Å². The molecule has 4 nitrogen and oxygen atoms in total. The second-order valence-corrected chi connectivity index (χ2v) is 4.57. The molecular weight excluding hydrogens is 228 g/mol. The molecule has 0 saturated heterocycles. The summed E-state index contributed by atoms with van der Waals surface area (Å²) in [6.07, 6.45) is 7.36. The Morgan fingerprint density at radius 2 is 1.72 bits per heavy atom. The quantitative estimate of drug-likeness (QED) is 0.816. The first-order valence-corrected chi connectivity index (χ1v) is 7.10. The molecule has 0 amide bonds. The highest BCUT2D eigenvalue weighted by Crippen LogP contribution is 2.16. The molecule has 110 valence electrons. The van der Waals surface area contributed by atoms with Crippen molar-refractivity contribution in [1.29, 1.82) is 0 Å². The van der Waals surface area contributed by atoms with Crippen LogP contribution < -0.4 is 5.32 Å². The molecule has 1 fully saturated rings. The topological polar surface area (TPSA) is 52.6 Å². The summed E-state index contributed by atoms with van der Waals surface area (Å²) in [5.74, 6) is -0.737. The molecule has 0 unspecified atom stereocenters. The average Bonchev–Trinajstić information content (AvgIpc) is 2.40. The van der Waals surface area contributed by atoms with Gasteiger partial charge >= 0.3 is 5.97 Å². The Morgan fingerprint density at radius 1 is 1.22 bits per heavy atom. The number of carboxylic acids is 1. The van der Waals surface area contributed by atoms with Gasteiger partial charge in [0.05, 0.1) is 6.42 Å². The molecular formula is C14H32N2O2. The van der Waals surface area contributed by atoms with E-state index >= 15 is 0 Å². The van der Waals surface area contributed by atoms with Crippen molar-refractivity contribution in [2.24, 2.45) is 0 Å². The Morgan fingerprint density at radius 3 is 1.94 bits per heavy atom. The maximum atomic E-state index is 9.88. The standard InChI is InChI=1S/C7H15N.C5H11NO2.C2H6/c1-8-7-5-3-2-4-6-7;1-6(2)4-3-5(7)8;1-2/h7-8H,2-6H2,1H3;3-4H2,1-2H3,(H,7,8);1-2H3. The third kappa shape index (κ3) is 15.4. The highest BCUT2D eigenvalue weighted by Gasteiger charge is 2.09. The van der Waals surface area contributed by atoms with E-state index in [0.29, 0.717) is 6.54 Å². The lowest BCUT2D eigenvalue weighted by atomic mass is 9.96. The highest BCUT2D eigenvalue weighted by atomic mass is 16.4. The molecule has 1 aliphatic carbocycles. The maximum Gasteiger partial charge on any atom is 0.304 e. The summed E-state index contributed by atoms with van der Waals surface area (Å²) in [6.45, 7) is 4.62. The zero-order valence-electron chi connectivity index (χ0n) is 12.8. The molecule has 1 saturated carbocycles.